The van der Waals surface area contributed by atoms with Gasteiger partial charge in [0.15, 0.2) is 17.5 Å². The first kappa shape index (κ1) is 51.7. The maximum absolute atomic E-state index is 16.0. The second-order valence-electron chi connectivity index (χ2n) is 18.5. The van der Waals surface area contributed by atoms with Crippen LogP contribution in [-0.2, 0) is 61.9 Å². The van der Waals surface area contributed by atoms with Crippen molar-refractivity contribution in [2.24, 2.45) is 16.7 Å². The van der Waals surface area contributed by atoms with E-state index in [1.165, 1.54) is 52.0 Å². The zero-order chi connectivity index (χ0) is 50.9. The fourth-order valence-electron chi connectivity index (χ4n) is 10.8. The van der Waals surface area contributed by atoms with Gasteiger partial charge in [-0.3, -0.25) is 28.8 Å². The summed E-state index contributed by atoms with van der Waals surface area (Å²) in [5.41, 5.74) is -7.80. The lowest BCUT2D eigenvalue weighted by Gasteiger charge is -2.67. The summed E-state index contributed by atoms with van der Waals surface area (Å²) in [5.74, 6) is -10.7. The summed E-state index contributed by atoms with van der Waals surface area (Å²) in [5, 5.41) is 16.8. The second-order valence-corrected chi connectivity index (χ2v) is 19.1. The quantitative estimate of drug-likeness (QED) is 0.0901. The Bertz CT molecular complexity index is 2570. The molecule has 3 unspecified atom stereocenters. The first-order valence-corrected chi connectivity index (χ1v) is 23.6. The molecule has 0 radical (unpaired) electrons. The van der Waals surface area contributed by atoms with Crippen LogP contribution in [0.3, 0.4) is 0 Å². The number of esters is 6. The summed E-state index contributed by atoms with van der Waals surface area (Å²) >= 11 is 11.9. The summed E-state index contributed by atoms with van der Waals surface area (Å²) in [6, 6.07) is 22.4. The van der Waals surface area contributed by atoms with Crippen molar-refractivity contribution in [2.75, 3.05) is 18.4 Å². The molecule has 0 spiro atoms. The fourth-order valence-corrected chi connectivity index (χ4v) is 10.9. The molecule has 2 bridgehead atoms. The van der Waals surface area contributed by atoms with Crippen molar-refractivity contribution in [3.63, 3.8) is 0 Å². The molecular weight excluding hydrogens is 953 g/mol. The van der Waals surface area contributed by atoms with Crippen molar-refractivity contribution in [3.8, 4) is 0 Å². The van der Waals surface area contributed by atoms with Gasteiger partial charge in [-0.25, -0.2) is 9.59 Å². The number of nitrogens with one attached hydrogen (secondary N) is 1. The number of hydrogen-bond acceptors (Lipinski definition) is 16. The van der Waals surface area contributed by atoms with E-state index < -0.39 is 143 Å². The van der Waals surface area contributed by atoms with Gasteiger partial charge in [0, 0.05) is 37.7 Å². The van der Waals surface area contributed by atoms with E-state index in [0.29, 0.717) is 5.56 Å². The van der Waals surface area contributed by atoms with Crippen LogP contribution in [0.5, 0.6) is 0 Å². The average Bonchev–Trinajstić information content (AvgIpc) is 3.33. The van der Waals surface area contributed by atoms with Crippen LogP contribution in [0, 0.1) is 16.7 Å². The average molecular weight is 1010 g/mol. The Kier molecular flexibility index (Phi) is 15.0. The van der Waals surface area contributed by atoms with Gasteiger partial charge >= 0.3 is 35.8 Å². The zero-order valence-electron chi connectivity index (χ0n) is 39.1. The number of ether oxygens (including phenoxy) is 7. The van der Waals surface area contributed by atoms with Crippen molar-refractivity contribution in [1.82, 2.24) is 5.32 Å². The summed E-state index contributed by atoms with van der Waals surface area (Å²) < 4.78 is 42.5. The van der Waals surface area contributed by atoms with Gasteiger partial charge < -0.3 is 43.6 Å². The van der Waals surface area contributed by atoms with E-state index in [1.807, 2.05) is 0 Å². The van der Waals surface area contributed by atoms with E-state index in [2.05, 4.69) is 5.32 Å². The Labute approximate surface area is 413 Å². The Morgan fingerprint density at radius 3 is 1.91 bits per heavy atom. The Balaban J connectivity index is 1.45. The van der Waals surface area contributed by atoms with Gasteiger partial charge in [-0.15, -0.1) is 23.2 Å². The zero-order valence-corrected chi connectivity index (χ0v) is 40.7. The molecule has 1 saturated heterocycles. The van der Waals surface area contributed by atoms with E-state index in [9.17, 15) is 33.9 Å². The lowest BCUT2D eigenvalue weighted by molar-refractivity contribution is -0.346. The molecule has 2 N–H and O–H groups in total. The number of benzene rings is 3. The highest BCUT2D eigenvalue weighted by molar-refractivity contribution is 6.26. The number of hydrogen-bond donors (Lipinski definition) is 2. The molecule has 70 heavy (non-hydrogen) atoms. The largest absolute Gasteiger partial charge is 0.460 e. The van der Waals surface area contributed by atoms with Gasteiger partial charge in [0.1, 0.15) is 47.8 Å². The van der Waals surface area contributed by atoms with Crippen LogP contribution in [0.15, 0.2) is 102 Å². The second kappa shape index (κ2) is 20.3. The summed E-state index contributed by atoms with van der Waals surface area (Å²) in [6.45, 7) is 7.70. The number of fused-ring (bicyclic) bond motifs is 5. The molecule has 3 aromatic rings. The van der Waals surface area contributed by atoms with Gasteiger partial charge in [0.05, 0.1) is 23.5 Å². The first-order chi connectivity index (χ1) is 33.1. The van der Waals surface area contributed by atoms with Crippen molar-refractivity contribution < 1.29 is 76.6 Å². The van der Waals surface area contributed by atoms with Crippen LogP contribution < -0.4 is 5.32 Å². The highest BCUT2D eigenvalue weighted by Gasteiger charge is 2.79. The van der Waals surface area contributed by atoms with Crippen molar-refractivity contribution in [3.05, 3.63) is 119 Å². The lowest BCUT2D eigenvalue weighted by atomic mass is 9.44. The molecule has 372 valence electrons. The van der Waals surface area contributed by atoms with E-state index in [-0.39, 0.29) is 28.7 Å². The molecule has 0 aromatic heterocycles. The van der Waals surface area contributed by atoms with Gasteiger partial charge in [-0.1, -0.05) is 80.6 Å². The van der Waals surface area contributed by atoms with Crippen LogP contribution >= 0.6 is 23.2 Å². The van der Waals surface area contributed by atoms with Crippen molar-refractivity contribution in [2.45, 2.75) is 108 Å². The first-order valence-electron chi connectivity index (χ1n) is 22.5. The number of aliphatic hydroxyl groups is 1. The number of alkyl halides is 2. The third kappa shape index (κ3) is 9.31. The lowest BCUT2D eigenvalue weighted by Crippen LogP contribution is -2.82. The van der Waals surface area contributed by atoms with Gasteiger partial charge in [-0.05, 0) is 54.8 Å². The number of Topliss-reactive ketones (excluding diaryl/α,β-unsaturated/α-hetero) is 1. The Morgan fingerprint density at radius 2 is 1.37 bits per heavy atom. The Hall–Kier alpha value is -6.14. The standard InChI is InChI=1S/C51H53Cl2NO16/c1-27-33(66-47(62)41(68-37(58)25-53)39(30-16-10-7-11-17-30)54-45(60)31-18-12-8-13-19-31)23-51(63)44(69-46(61)32-20-14-9-15-21-32)42-49(6,43(59)40(65-28(2)55)38(27)48(51,4)5)34(67-36(57)24-52)22-35-50(42,26-64-35)70-29(3)56/h7-21,33-35,39-42,44,63H,22-26H2,1-6H3,(H,54,60)/t33-,34-,35+,39?,40+,41?,42?,44-,49+,50-,51+/m0/s1. The molecule has 11 atom stereocenters. The molecule has 19 heteroatoms. The summed E-state index contributed by atoms with van der Waals surface area (Å²) in [7, 11) is 0. The van der Waals surface area contributed by atoms with Crippen molar-refractivity contribution in [1.29, 1.82) is 0 Å². The predicted octanol–water partition coefficient (Wildman–Crippen LogP) is 5.32. The van der Waals surface area contributed by atoms with E-state index >= 15 is 9.59 Å². The smallest absolute Gasteiger partial charge is 0.350 e. The molecule has 1 aliphatic heterocycles. The van der Waals surface area contributed by atoms with Crippen LogP contribution in [0.2, 0.25) is 0 Å². The number of halogens is 2. The number of carbonyl (C=O) groups is 8. The van der Waals surface area contributed by atoms with Gasteiger partial charge in [0.2, 0.25) is 6.10 Å². The summed E-state index contributed by atoms with van der Waals surface area (Å²) in [6.07, 6.45) is -11.0. The molecule has 7 rings (SSSR count). The number of rotatable bonds is 14. The van der Waals surface area contributed by atoms with E-state index in [1.54, 1.807) is 66.7 Å². The highest BCUT2D eigenvalue weighted by Crippen LogP contribution is 2.65. The van der Waals surface area contributed by atoms with Crippen LogP contribution in [0.1, 0.15) is 86.7 Å². The van der Waals surface area contributed by atoms with Crippen LogP contribution in [-0.4, -0.2) is 119 Å². The molecule has 2 saturated carbocycles. The Morgan fingerprint density at radius 1 is 0.786 bits per heavy atom. The topological polar surface area (TPSA) is 233 Å². The molecule has 3 aromatic carbocycles. The monoisotopic (exact) mass is 1010 g/mol. The predicted molar refractivity (Wildman–Crippen MR) is 247 cm³/mol. The molecule has 4 aliphatic rings. The molecular formula is C51H53Cl2NO16. The normalized spacial score (nSPS) is 29.4. The third-order valence-electron chi connectivity index (χ3n) is 14.2. The molecule has 1 heterocycles. The third-order valence-corrected chi connectivity index (χ3v) is 14.6. The van der Waals surface area contributed by atoms with E-state index in [0.717, 1.165) is 13.8 Å². The minimum atomic E-state index is -2.52. The molecule has 17 nitrogen and oxygen atoms in total. The number of amides is 1. The van der Waals surface area contributed by atoms with Gasteiger partial charge in [0.25, 0.3) is 5.91 Å². The van der Waals surface area contributed by atoms with E-state index in [4.69, 9.17) is 56.4 Å². The summed E-state index contributed by atoms with van der Waals surface area (Å²) in [4.78, 5) is 112. The number of carbonyl (C=O) groups excluding carboxylic acids is 8. The van der Waals surface area contributed by atoms with Crippen molar-refractivity contribution >= 4 is 70.7 Å². The minimum Gasteiger partial charge on any atom is -0.460 e. The SMILES string of the molecule is CC(=O)O[C@H]1C(=O)[C@@]2(C)C([C@H](OC(=O)c3ccccc3)[C@]3(O)C[C@H](OC(=O)C(OC(=O)CCl)C(NC(=O)c4ccccc4)c4ccccc4)C(C)=C1C3(C)C)[C@]1(OC(C)=O)CO[C@@H]1C[C@@H]2OC(=O)CCl. The molecule has 3 aliphatic carbocycles. The molecule has 1 amide bonds. The minimum absolute atomic E-state index is 0.0137. The molecule has 3 fully saturated rings. The number of ketones is 1. The highest BCUT2D eigenvalue weighted by atomic mass is 35.5. The maximum atomic E-state index is 16.0. The van der Waals surface area contributed by atoms with Crippen LogP contribution in [0.4, 0.5) is 0 Å². The van der Waals surface area contributed by atoms with Gasteiger partial charge in [-0.2, -0.15) is 0 Å². The fraction of sp³-hybridized carbons (Fsp3) is 0.451. The van der Waals surface area contributed by atoms with Crippen LogP contribution in [0.25, 0.3) is 0 Å². The maximum Gasteiger partial charge on any atom is 0.350 e.